The summed E-state index contributed by atoms with van der Waals surface area (Å²) in [5.74, 6) is -2.25. The zero-order valence-corrected chi connectivity index (χ0v) is 12.5. The summed E-state index contributed by atoms with van der Waals surface area (Å²) in [5.41, 5.74) is 0.329. The van der Waals surface area contributed by atoms with E-state index in [1.54, 1.807) is 18.2 Å². The lowest BCUT2D eigenvalue weighted by molar-refractivity contribution is 0.0977. The van der Waals surface area contributed by atoms with E-state index in [1.165, 1.54) is 24.3 Å². The van der Waals surface area contributed by atoms with Crippen molar-refractivity contribution < 1.29 is 9.18 Å². The van der Waals surface area contributed by atoms with Crippen molar-refractivity contribution in [2.24, 2.45) is 0 Å². The third-order valence-corrected chi connectivity index (χ3v) is 3.43. The third-order valence-electron chi connectivity index (χ3n) is 2.75. The number of nitrogens with zero attached hydrogens (tertiary/aromatic N) is 1. The van der Waals surface area contributed by atoms with Gasteiger partial charge in [0.25, 0.3) is 0 Å². The summed E-state index contributed by atoms with van der Waals surface area (Å²) in [6.07, 6.45) is 0. The molecule has 100 valence electrons. The van der Waals surface area contributed by atoms with Gasteiger partial charge in [0.2, 0.25) is 0 Å². The maximum Gasteiger partial charge on any atom is 0.184 e. The van der Waals surface area contributed by atoms with Gasteiger partial charge >= 0.3 is 0 Å². The molecule has 1 unspecified atom stereocenters. The number of hydrogen-bond donors (Lipinski definition) is 0. The first-order chi connectivity index (χ1) is 9.52. The highest BCUT2D eigenvalue weighted by Crippen LogP contribution is 2.26. The highest BCUT2D eigenvalue weighted by atomic mass is 79.9. The monoisotopic (exact) mass is 351 g/mol. The zero-order chi connectivity index (χ0) is 14.7. The van der Waals surface area contributed by atoms with Crippen LogP contribution in [0.1, 0.15) is 21.8 Å². The summed E-state index contributed by atoms with van der Waals surface area (Å²) in [5, 5.41) is 9.56. The van der Waals surface area contributed by atoms with Crippen LogP contribution in [-0.2, 0) is 0 Å². The Bertz CT molecular complexity index is 691. The normalized spacial score (nSPS) is 11.7. The minimum absolute atomic E-state index is 0.0658. The van der Waals surface area contributed by atoms with E-state index < -0.39 is 17.5 Å². The Labute approximate surface area is 128 Å². The Morgan fingerprint density at radius 1 is 1.30 bits per heavy atom. The second kappa shape index (κ2) is 6.17. The Kier molecular flexibility index (Phi) is 4.53. The molecule has 1 atom stereocenters. The van der Waals surface area contributed by atoms with Gasteiger partial charge in [0.1, 0.15) is 11.7 Å². The van der Waals surface area contributed by atoms with Gasteiger partial charge in [-0.05, 0) is 24.3 Å². The van der Waals surface area contributed by atoms with E-state index in [0.717, 1.165) is 0 Å². The van der Waals surface area contributed by atoms with Gasteiger partial charge in [0.15, 0.2) is 5.78 Å². The molecular weight excluding hydrogens is 345 g/mol. The average molecular weight is 353 g/mol. The molecule has 0 bridgehead atoms. The molecule has 2 rings (SSSR count). The number of benzene rings is 2. The van der Waals surface area contributed by atoms with E-state index in [-0.39, 0.29) is 11.1 Å². The van der Waals surface area contributed by atoms with Gasteiger partial charge in [0, 0.05) is 20.6 Å². The average Bonchev–Trinajstić information content (AvgIpc) is 2.40. The molecule has 0 radical (unpaired) electrons. The van der Waals surface area contributed by atoms with Gasteiger partial charge in [-0.1, -0.05) is 45.7 Å². The highest BCUT2D eigenvalue weighted by Gasteiger charge is 2.24. The van der Waals surface area contributed by atoms with Gasteiger partial charge in [-0.3, -0.25) is 4.79 Å². The molecule has 0 heterocycles. The van der Waals surface area contributed by atoms with Crippen molar-refractivity contribution in [1.29, 1.82) is 5.26 Å². The SMILES string of the molecule is N#CC(C(=O)c1cc(Cl)cc(Br)c1)c1ccccc1F. The third kappa shape index (κ3) is 3.06. The topological polar surface area (TPSA) is 40.9 Å². The number of carbonyl (C=O) groups excluding carboxylic acids is 1. The summed E-state index contributed by atoms with van der Waals surface area (Å²) >= 11 is 9.11. The Morgan fingerprint density at radius 2 is 2.00 bits per heavy atom. The van der Waals surface area contributed by atoms with Crippen molar-refractivity contribution >= 4 is 33.3 Å². The molecule has 0 fully saturated rings. The van der Waals surface area contributed by atoms with Crippen LogP contribution < -0.4 is 0 Å². The van der Waals surface area contributed by atoms with Crippen LogP contribution in [0.5, 0.6) is 0 Å². The van der Waals surface area contributed by atoms with Crippen molar-refractivity contribution in [3.05, 3.63) is 68.9 Å². The second-order valence-corrected chi connectivity index (χ2v) is 5.46. The molecule has 0 aromatic heterocycles. The fourth-order valence-electron chi connectivity index (χ4n) is 1.84. The lowest BCUT2D eigenvalue weighted by Gasteiger charge is -2.10. The van der Waals surface area contributed by atoms with Crippen molar-refractivity contribution in [3.8, 4) is 6.07 Å². The van der Waals surface area contributed by atoms with Crippen molar-refractivity contribution in [2.75, 3.05) is 0 Å². The number of halogens is 3. The summed E-state index contributed by atoms with van der Waals surface area (Å²) in [6, 6.07) is 12.2. The quantitative estimate of drug-likeness (QED) is 0.749. The number of Topliss-reactive ketones (excluding diaryl/α,β-unsaturated/α-hetero) is 1. The maximum atomic E-state index is 13.7. The van der Waals surface area contributed by atoms with Gasteiger partial charge in [-0.2, -0.15) is 5.26 Å². The first-order valence-electron chi connectivity index (χ1n) is 5.67. The number of hydrogen-bond acceptors (Lipinski definition) is 2. The first kappa shape index (κ1) is 14.7. The second-order valence-electron chi connectivity index (χ2n) is 4.11. The van der Waals surface area contributed by atoms with E-state index in [9.17, 15) is 14.4 Å². The predicted molar refractivity (Wildman–Crippen MR) is 78.2 cm³/mol. The predicted octanol–water partition coefficient (Wildman–Crippen LogP) is 4.73. The van der Waals surface area contributed by atoms with Gasteiger partial charge in [-0.25, -0.2) is 4.39 Å². The summed E-state index contributed by atoms with van der Waals surface area (Å²) in [7, 11) is 0. The van der Waals surface area contributed by atoms with Crippen LogP contribution in [0.25, 0.3) is 0 Å². The van der Waals surface area contributed by atoms with Crippen LogP contribution in [0, 0.1) is 17.1 Å². The molecule has 2 aromatic carbocycles. The Morgan fingerprint density at radius 3 is 2.60 bits per heavy atom. The number of carbonyl (C=O) groups is 1. The molecule has 2 nitrogen and oxygen atoms in total. The standard InChI is InChI=1S/C15H8BrClFNO/c16-10-5-9(6-11(17)7-10)15(20)13(8-19)12-3-1-2-4-14(12)18/h1-7,13H. The molecule has 0 amide bonds. The fraction of sp³-hybridized carbons (Fsp3) is 0.0667. The van der Waals surface area contributed by atoms with Gasteiger partial charge in [-0.15, -0.1) is 0 Å². The summed E-state index contributed by atoms with van der Waals surface area (Å²) < 4.78 is 14.3. The van der Waals surface area contributed by atoms with Crippen molar-refractivity contribution in [1.82, 2.24) is 0 Å². The van der Waals surface area contributed by atoms with Crippen molar-refractivity contribution in [2.45, 2.75) is 5.92 Å². The molecule has 0 aliphatic carbocycles. The lowest BCUT2D eigenvalue weighted by atomic mass is 9.91. The highest BCUT2D eigenvalue weighted by molar-refractivity contribution is 9.10. The summed E-state index contributed by atoms with van der Waals surface area (Å²) in [4.78, 5) is 12.4. The minimum atomic E-state index is -1.19. The lowest BCUT2D eigenvalue weighted by Crippen LogP contribution is -2.12. The van der Waals surface area contributed by atoms with Crippen LogP contribution in [0.3, 0.4) is 0 Å². The molecule has 0 aliphatic heterocycles. The molecule has 5 heteroatoms. The van der Waals surface area contributed by atoms with Gasteiger partial charge in [0.05, 0.1) is 6.07 Å². The van der Waals surface area contributed by atoms with E-state index in [2.05, 4.69) is 15.9 Å². The number of ketones is 1. The number of rotatable bonds is 3. The van der Waals surface area contributed by atoms with E-state index in [0.29, 0.717) is 9.50 Å². The van der Waals surface area contributed by atoms with Crippen LogP contribution >= 0.6 is 27.5 Å². The van der Waals surface area contributed by atoms with Crippen LogP contribution in [0.15, 0.2) is 46.9 Å². The first-order valence-corrected chi connectivity index (χ1v) is 6.84. The smallest absolute Gasteiger partial charge is 0.184 e. The molecule has 0 saturated carbocycles. The van der Waals surface area contributed by atoms with Gasteiger partial charge < -0.3 is 0 Å². The van der Waals surface area contributed by atoms with E-state index >= 15 is 0 Å². The molecule has 0 spiro atoms. The largest absolute Gasteiger partial charge is 0.292 e. The van der Waals surface area contributed by atoms with E-state index in [4.69, 9.17) is 11.6 Å². The van der Waals surface area contributed by atoms with E-state index in [1.807, 2.05) is 6.07 Å². The van der Waals surface area contributed by atoms with Crippen LogP contribution in [-0.4, -0.2) is 5.78 Å². The maximum absolute atomic E-state index is 13.7. The molecule has 0 saturated heterocycles. The van der Waals surface area contributed by atoms with Crippen LogP contribution in [0.2, 0.25) is 5.02 Å². The Hall–Kier alpha value is -1.70. The molecule has 2 aromatic rings. The molecule has 20 heavy (non-hydrogen) atoms. The fourth-order valence-corrected chi connectivity index (χ4v) is 2.70. The molecular formula is C15H8BrClFNO. The van der Waals surface area contributed by atoms with Crippen molar-refractivity contribution in [3.63, 3.8) is 0 Å². The summed E-state index contributed by atoms with van der Waals surface area (Å²) in [6.45, 7) is 0. The molecule has 0 aliphatic rings. The minimum Gasteiger partial charge on any atom is -0.292 e. The van der Waals surface area contributed by atoms with Crippen LogP contribution in [0.4, 0.5) is 4.39 Å². The molecule has 0 N–H and O–H groups in total. The Balaban J connectivity index is 2.45. The number of nitriles is 1. The zero-order valence-electron chi connectivity index (χ0n) is 10.1.